The molecule has 0 aliphatic rings. The van der Waals surface area contributed by atoms with Crippen molar-refractivity contribution in [3.05, 3.63) is 33.4 Å². The van der Waals surface area contributed by atoms with Crippen LogP contribution in [0.2, 0.25) is 0 Å². The Balaban J connectivity index is 3.30. The van der Waals surface area contributed by atoms with E-state index in [0.29, 0.717) is 35.9 Å². The maximum Gasteiger partial charge on any atom is 0.273 e. The molecule has 4 nitrogen and oxygen atoms in total. The summed E-state index contributed by atoms with van der Waals surface area (Å²) in [6.45, 7) is 0. The molecule has 0 saturated carbocycles. The van der Waals surface area contributed by atoms with Crippen LogP contribution in [-0.4, -0.2) is 16.7 Å². The number of rotatable bonds is 5. The number of nitrogens with two attached hydrogens (primary N) is 1. The lowest BCUT2D eigenvalue weighted by Crippen LogP contribution is -2.06. The van der Waals surface area contributed by atoms with Crippen LogP contribution in [0.5, 0.6) is 0 Å². The van der Waals surface area contributed by atoms with Crippen LogP contribution in [0.3, 0.4) is 0 Å². The number of alkyl halides is 2. The van der Waals surface area contributed by atoms with E-state index in [1.807, 2.05) is 0 Å². The van der Waals surface area contributed by atoms with Crippen molar-refractivity contribution in [2.75, 3.05) is 17.5 Å². The van der Waals surface area contributed by atoms with Gasteiger partial charge in [-0.2, -0.15) is 0 Å². The molecule has 6 heteroatoms. The summed E-state index contributed by atoms with van der Waals surface area (Å²) in [7, 11) is 0. The summed E-state index contributed by atoms with van der Waals surface area (Å²) in [5.74, 6) is 0.695. The van der Waals surface area contributed by atoms with Gasteiger partial charge in [-0.1, -0.05) is 0 Å². The van der Waals surface area contributed by atoms with Crippen LogP contribution in [0, 0.1) is 10.1 Å². The van der Waals surface area contributed by atoms with Crippen LogP contribution < -0.4 is 5.73 Å². The molecule has 0 radical (unpaired) electrons. The van der Waals surface area contributed by atoms with Gasteiger partial charge in [0.1, 0.15) is 0 Å². The van der Waals surface area contributed by atoms with Gasteiger partial charge in [0.2, 0.25) is 0 Å². The van der Waals surface area contributed by atoms with Gasteiger partial charge in [-0.15, -0.1) is 23.2 Å². The van der Waals surface area contributed by atoms with Crippen molar-refractivity contribution in [3.8, 4) is 0 Å². The van der Waals surface area contributed by atoms with Gasteiger partial charge in [-0.3, -0.25) is 10.1 Å². The predicted molar refractivity (Wildman–Crippen MR) is 66.4 cm³/mol. The fraction of sp³-hybridized carbons (Fsp3) is 0.400. The Bertz CT molecular complexity index is 397. The number of nitro benzene ring substituents is 1. The lowest BCUT2D eigenvalue weighted by atomic mass is 9.99. The first kappa shape index (κ1) is 13.1. The third kappa shape index (κ3) is 2.77. The van der Waals surface area contributed by atoms with E-state index in [1.54, 1.807) is 0 Å². The summed E-state index contributed by atoms with van der Waals surface area (Å²) in [4.78, 5) is 10.4. The van der Waals surface area contributed by atoms with Crippen molar-refractivity contribution in [2.24, 2.45) is 0 Å². The van der Waals surface area contributed by atoms with E-state index in [2.05, 4.69) is 0 Å². The second kappa shape index (κ2) is 5.92. The highest BCUT2D eigenvalue weighted by Crippen LogP contribution is 2.28. The predicted octanol–water partition coefficient (Wildman–Crippen LogP) is 2.74. The van der Waals surface area contributed by atoms with E-state index < -0.39 is 4.92 Å². The summed E-state index contributed by atoms with van der Waals surface area (Å²) < 4.78 is 0. The van der Waals surface area contributed by atoms with Gasteiger partial charge in [0, 0.05) is 29.1 Å². The molecule has 0 heterocycles. The van der Waals surface area contributed by atoms with Gasteiger partial charge in [0.05, 0.1) is 4.92 Å². The smallest absolute Gasteiger partial charge is 0.273 e. The minimum atomic E-state index is -0.418. The molecule has 1 aromatic rings. The molecule has 0 fully saturated rings. The van der Waals surface area contributed by atoms with Crippen molar-refractivity contribution in [2.45, 2.75) is 12.8 Å². The van der Waals surface area contributed by atoms with Gasteiger partial charge >= 0.3 is 0 Å². The standard InChI is InChI=1S/C10H12Cl2N2O2/c11-5-3-7-8(4-6-12)10(14(15)16)2-1-9(7)13/h1-2H,3-6,13H2. The largest absolute Gasteiger partial charge is 0.398 e. The van der Waals surface area contributed by atoms with E-state index in [4.69, 9.17) is 28.9 Å². The van der Waals surface area contributed by atoms with E-state index in [9.17, 15) is 10.1 Å². The highest BCUT2D eigenvalue weighted by molar-refractivity contribution is 6.18. The molecule has 0 spiro atoms. The van der Waals surface area contributed by atoms with Crippen LogP contribution in [0.1, 0.15) is 11.1 Å². The fourth-order valence-electron chi connectivity index (χ4n) is 1.63. The summed E-state index contributed by atoms with van der Waals surface area (Å²) >= 11 is 11.3. The third-order valence-electron chi connectivity index (χ3n) is 2.33. The van der Waals surface area contributed by atoms with E-state index in [-0.39, 0.29) is 5.69 Å². The Kier molecular flexibility index (Phi) is 4.83. The molecule has 0 amide bonds. The summed E-state index contributed by atoms with van der Waals surface area (Å²) in [5, 5.41) is 10.9. The second-order valence-electron chi connectivity index (χ2n) is 3.27. The number of nitro groups is 1. The lowest BCUT2D eigenvalue weighted by Gasteiger charge is -2.10. The van der Waals surface area contributed by atoms with Crippen LogP contribution in [0.4, 0.5) is 11.4 Å². The molecular weight excluding hydrogens is 251 g/mol. The van der Waals surface area contributed by atoms with Crippen molar-refractivity contribution >= 4 is 34.6 Å². The Morgan fingerprint density at radius 2 is 1.75 bits per heavy atom. The van der Waals surface area contributed by atoms with Crippen molar-refractivity contribution in [1.82, 2.24) is 0 Å². The Hall–Kier alpha value is -1.00. The second-order valence-corrected chi connectivity index (χ2v) is 4.02. The third-order valence-corrected chi connectivity index (χ3v) is 2.71. The average molecular weight is 263 g/mol. The average Bonchev–Trinajstić information content (AvgIpc) is 2.23. The number of nitrogen functional groups attached to an aromatic ring is 1. The zero-order valence-electron chi connectivity index (χ0n) is 8.58. The summed E-state index contributed by atoms with van der Waals surface area (Å²) in [6, 6.07) is 2.95. The fourth-order valence-corrected chi connectivity index (χ4v) is 2.01. The minimum absolute atomic E-state index is 0.0648. The van der Waals surface area contributed by atoms with Crippen molar-refractivity contribution < 1.29 is 4.92 Å². The van der Waals surface area contributed by atoms with Gasteiger partial charge in [-0.05, 0) is 24.5 Å². The molecule has 1 rings (SSSR count). The topological polar surface area (TPSA) is 69.2 Å². The number of nitrogens with zero attached hydrogens (tertiary/aromatic N) is 1. The monoisotopic (exact) mass is 262 g/mol. The number of benzene rings is 1. The van der Waals surface area contributed by atoms with Crippen LogP contribution in [0.25, 0.3) is 0 Å². The van der Waals surface area contributed by atoms with Crippen LogP contribution >= 0.6 is 23.2 Å². The van der Waals surface area contributed by atoms with Gasteiger partial charge in [-0.25, -0.2) is 0 Å². The lowest BCUT2D eigenvalue weighted by molar-refractivity contribution is -0.385. The first-order chi connectivity index (χ1) is 7.61. The van der Waals surface area contributed by atoms with Crippen LogP contribution in [-0.2, 0) is 12.8 Å². The number of halogens is 2. The zero-order chi connectivity index (χ0) is 12.1. The Morgan fingerprint density at radius 1 is 1.19 bits per heavy atom. The number of anilines is 1. The first-order valence-electron chi connectivity index (χ1n) is 4.78. The summed E-state index contributed by atoms with van der Waals surface area (Å²) in [5.41, 5.74) is 7.72. The molecule has 0 aromatic heterocycles. The van der Waals surface area contributed by atoms with E-state index >= 15 is 0 Å². The zero-order valence-corrected chi connectivity index (χ0v) is 10.1. The molecule has 0 unspecified atom stereocenters. The van der Waals surface area contributed by atoms with E-state index in [1.165, 1.54) is 12.1 Å². The minimum Gasteiger partial charge on any atom is -0.398 e. The first-order valence-corrected chi connectivity index (χ1v) is 5.85. The molecule has 0 saturated heterocycles. The van der Waals surface area contributed by atoms with Crippen molar-refractivity contribution in [3.63, 3.8) is 0 Å². The molecule has 0 bridgehead atoms. The number of hydrogen-bond donors (Lipinski definition) is 1. The number of hydrogen-bond acceptors (Lipinski definition) is 3. The molecule has 16 heavy (non-hydrogen) atoms. The maximum absolute atomic E-state index is 10.9. The highest BCUT2D eigenvalue weighted by atomic mass is 35.5. The Morgan fingerprint density at radius 3 is 2.25 bits per heavy atom. The highest BCUT2D eigenvalue weighted by Gasteiger charge is 2.18. The van der Waals surface area contributed by atoms with Crippen molar-refractivity contribution in [1.29, 1.82) is 0 Å². The SMILES string of the molecule is Nc1ccc([N+](=O)[O-])c(CCCl)c1CCCl. The quantitative estimate of drug-likeness (QED) is 0.384. The van der Waals surface area contributed by atoms with E-state index in [0.717, 1.165) is 5.56 Å². The normalized spacial score (nSPS) is 10.4. The molecule has 1 aromatic carbocycles. The molecular formula is C10H12Cl2N2O2. The molecule has 2 N–H and O–H groups in total. The van der Waals surface area contributed by atoms with Gasteiger partial charge in [0.15, 0.2) is 0 Å². The maximum atomic E-state index is 10.9. The van der Waals surface area contributed by atoms with Crippen LogP contribution in [0.15, 0.2) is 12.1 Å². The summed E-state index contributed by atoms with van der Waals surface area (Å²) in [6.07, 6.45) is 0.941. The van der Waals surface area contributed by atoms with Gasteiger partial charge in [0.25, 0.3) is 5.69 Å². The molecule has 0 aliphatic carbocycles. The molecule has 88 valence electrons. The molecule has 0 atom stereocenters. The Labute approximate surface area is 103 Å². The van der Waals surface area contributed by atoms with Gasteiger partial charge < -0.3 is 5.73 Å². The molecule has 0 aliphatic heterocycles.